The third-order valence-corrected chi connectivity index (χ3v) is 4.93. The molecule has 0 aliphatic heterocycles. The summed E-state index contributed by atoms with van der Waals surface area (Å²) in [5.74, 6) is -3.37. The highest BCUT2D eigenvalue weighted by Crippen LogP contribution is 2.13. The molecule has 0 rings (SSSR count). The van der Waals surface area contributed by atoms with Crippen LogP contribution in [0.1, 0.15) is 123 Å². The maximum absolute atomic E-state index is 10.3. The van der Waals surface area contributed by atoms with Crippen LogP contribution in [0.15, 0.2) is 0 Å². The van der Waals surface area contributed by atoms with Crippen LogP contribution in [0.5, 0.6) is 0 Å². The van der Waals surface area contributed by atoms with E-state index in [0.29, 0.717) is 12.8 Å². The van der Waals surface area contributed by atoms with Crippen molar-refractivity contribution in [3.63, 3.8) is 0 Å². The molecule has 0 radical (unpaired) electrons. The van der Waals surface area contributed by atoms with E-state index in [1.807, 2.05) is 0 Å². The molecule has 6 N–H and O–H groups in total. The van der Waals surface area contributed by atoms with Crippen molar-refractivity contribution >= 4 is 5.97 Å². The number of rotatable bonds is 18. The Balaban J connectivity index is 0. The minimum absolute atomic E-state index is 0.323. The summed E-state index contributed by atoms with van der Waals surface area (Å²) in [6.45, 7) is 3.91. The Labute approximate surface area is 172 Å². The summed E-state index contributed by atoms with van der Waals surface area (Å²) >= 11 is 0. The lowest BCUT2D eigenvalue weighted by Crippen LogP contribution is -2.47. The number of hydrogen-bond donors (Lipinski definition) is 5. The SMILES string of the molecule is CCC(N)C(O)(O)O.CCCCCCCCCCCCCCCCCC(=O)O. The van der Waals surface area contributed by atoms with Gasteiger partial charge in [-0.25, -0.2) is 0 Å². The van der Waals surface area contributed by atoms with Crippen molar-refractivity contribution in [1.29, 1.82) is 0 Å². The van der Waals surface area contributed by atoms with E-state index in [1.54, 1.807) is 6.92 Å². The van der Waals surface area contributed by atoms with Gasteiger partial charge in [0.25, 0.3) is 5.97 Å². The number of carboxylic acid groups (broad SMARTS) is 1. The van der Waals surface area contributed by atoms with Crippen molar-refractivity contribution in [2.24, 2.45) is 5.73 Å². The first-order chi connectivity index (χ1) is 13.3. The molecule has 6 heteroatoms. The van der Waals surface area contributed by atoms with E-state index in [1.165, 1.54) is 83.5 Å². The zero-order valence-corrected chi connectivity index (χ0v) is 18.4. The van der Waals surface area contributed by atoms with E-state index in [2.05, 4.69) is 6.92 Å². The van der Waals surface area contributed by atoms with Crippen LogP contribution in [0.2, 0.25) is 0 Å². The summed E-state index contributed by atoms with van der Waals surface area (Å²) in [4.78, 5) is 10.3. The van der Waals surface area contributed by atoms with Gasteiger partial charge in [-0.3, -0.25) is 4.79 Å². The normalized spacial score (nSPS) is 12.4. The summed E-state index contributed by atoms with van der Waals surface area (Å²) in [7, 11) is 0. The summed E-state index contributed by atoms with van der Waals surface area (Å²) in [6.07, 6.45) is 20.5. The number of carbonyl (C=O) groups is 1. The van der Waals surface area contributed by atoms with Crippen LogP contribution in [-0.2, 0) is 4.79 Å². The van der Waals surface area contributed by atoms with Crippen LogP contribution in [0.3, 0.4) is 0 Å². The van der Waals surface area contributed by atoms with Crippen molar-refractivity contribution in [2.45, 2.75) is 135 Å². The summed E-state index contributed by atoms with van der Waals surface area (Å²) in [6, 6.07) is -0.984. The lowest BCUT2D eigenvalue weighted by Gasteiger charge is -2.19. The van der Waals surface area contributed by atoms with Crippen LogP contribution < -0.4 is 5.73 Å². The van der Waals surface area contributed by atoms with E-state index in [-0.39, 0.29) is 0 Å². The molecule has 170 valence electrons. The third kappa shape index (κ3) is 25.3. The van der Waals surface area contributed by atoms with Gasteiger partial charge in [0, 0.05) is 6.42 Å². The van der Waals surface area contributed by atoms with Gasteiger partial charge in [0.1, 0.15) is 0 Å². The van der Waals surface area contributed by atoms with Crippen LogP contribution >= 0.6 is 0 Å². The van der Waals surface area contributed by atoms with Crippen molar-refractivity contribution in [3.05, 3.63) is 0 Å². The van der Waals surface area contributed by atoms with Gasteiger partial charge in [-0.2, -0.15) is 0 Å². The molecule has 0 aromatic rings. The van der Waals surface area contributed by atoms with E-state index in [4.69, 9.17) is 26.2 Å². The van der Waals surface area contributed by atoms with Gasteiger partial charge in [0.2, 0.25) is 0 Å². The fourth-order valence-electron chi connectivity index (χ4n) is 2.92. The highest BCUT2D eigenvalue weighted by atomic mass is 16.7. The molecule has 0 bridgehead atoms. The number of carboxylic acids is 1. The quantitative estimate of drug-likeness (QED) is 0.166. The van der Waals surface area contributed by atoms with Gasteiger partial charge in [0.05, 0.1) is 6.04 Å². The Morgan fingerprint density at radius 3 is 1.25 bits per heavy atom. The van der Waals surface area contributed by atoms with Gasteiger partial charge in [-0.05, 0) is 12.8 Å². The fourth-order valence-corrected chi connectivity index (χ4v) is 2.92. The Kier molecular flexibility index (Phi) is 22.2. The molecule has 28 heavy (non-hydrogen) atoms. The van der Waals surface area contributed by atoms with Crippen LogP contribution in [-0.4, -0.2) is 38.4 Å². The van der Waals surface area contributed by atoms with Crippen LogP contribution in [0, 0.1) is 0 Å². The maximum atomic E-state index is 10.3. The molecule has 0 heterocycles. The van der Waals surface area contributed by atoms with Crippen molar-refractivity contribution in [1.82, 2.24) is 0 Å². The van der Waals surface area contributed by atoms with Crippen molar-refractivity contribution < 1.29 is 25.2 Å². The van der Waals surface area contributed by atoms with E-state index in [9.17, 15) is 4.79 Å². The predicted molar refractivity (Wildman–Crippen MR) is 115 cm³/mol. The van der Waals surface area contributed by atoms with Crippen LogP contribution in [0.25, 0.3) is 0 Å². The average molecular weight is 406 g/mol. The number of aliphatic hydroxyl groups is 3. The monoisotopic (exact) mass is 405 g/mol. The molecule has 0 spiro atoms. The second-order valence-corrected chi connectivity index (χ2v) is 7.80. The van der Waals surface area contributed by atoms with Gasteiger partial charge >= 0.3 is 5.97 Å². The topological polar surface area (TPSA) is 124 Å². The molecule has 0 aromatic carbocycles. The molecule has 1 unspecified atom stereocenters. The number of nitrogens with two attached hydrogens (primary N) is 1. The Morgan fingerprint density at radius 1 is 0.714 bits per heavy atom. The van der Waals surface area contributed by atoms with Gasteiger partial charge in [-0.15, -0.1) is 0 Å². The molecule has 0 aliphatic carbocycles. The van der Waals surface area contributed by atoms with Crippen molar-refractivity contribution in [3.8, 4) is 0 Å². The molecule has 0 fully saturated rings. The summed E-state index contributed by atoms with van der Waals surface area (Å²) in [5.41, 5.74) is 5.00. The first-order valence-electron chi connectivity index (χ1n) is 11.4. The first kappa shape index (κ1) is 29.5. The highest BCUT2D eigenvalue weighted by Gasteiger charge is 2.26. The number of unbranched alkanes of at least 4 members (excludes halogenated alkanes) is 14. The van der Waals surface area contributed by atoms with Gasteiger partial charge < -0.3 is 26.2 Å². The minimum Gasteiger partial charge on any atom is -0.481 e. The average Bonchev–Trinajstić information content (AvgIpc) is 2.63. The van der Waals surface area contributed by atoms with Gasteiger partial charge in [-0.1, -0.05) is 104 Å². The standard InChI is InChI=1S/C18H36O2.C4H11NO3/c1-2-3-4-5-6-7-8-9-10-11-12-13-14-15-16-17-18(19)20;1-2-3(5)4(6,7)8/h2-17H2,1H3,(H,19,20);3,6-8H,2,5H2,1H3. The van der Waals surface area contributed by atoms with E-state index >= 15 is 0 Å². The minimum atomic E-state index is -2.71. The lowest BCUT2D eigenvalue weighted by molar-refractivity contribution is -0.322. The van der Waals surface area contributed by atoms with Crippen LogP contribution in [0.4, 0.5) is 0 Å². The maximum Gasteiger partial charge on any atom is 0.303 e. The third-order valence-electron chi connectivity index (χ3n) is 4.93. The largest absolute Gasteiger partial charge is 0.481 e. The van der Waals surface area contributed by atoms with E-state index in [0.717, 1.165) is 12.8 Å². The molecule has 0 amide bonds. The van der Waals surface area contributed by atoms with E-state index < -0.39 is 18.0 Å². The number of hydrogen-bond acceptors (Lipinski definition) is 5. The predicted octanol–water partition coefficient (Wildman–Crippen LogP) is 4.69. The fraction of sp³-hybridized carbons (Fsp3) is 0.955. The molecular weight excluding hydrogens is 358 g/mol. The molecule has 0 saturated carbocycles. The second-order valence-electron chi connectivity index (χ2n) is 7.80. The Bertz CT molecular complexity index is 331. The summed E-state index contributed by atoms with van der Waals surface area (Å²) < 4.78 is 0. The first-order valence-corrected chi connectivity index (χ1v) is 11.4. The second kappa shape index (κ2) is 21.0. The van der Waals surface area contributed by atoms with Crippen molar-refractivity contribution in [2.75, 3.05) is 0 Å². The highest BCUT2D eigenvalue weighted by molar-refractivity contribution is 5.66. The Morgan fingerprint density at radius 2 is 1.04 bits per heavy atom. The van der Waals surface area contributed by atoms with Gasteiger partial charge in [0.15, 0.2) is 0 Å². The zero-order chi connectivity index (χ0) is 21.7. The Hall–Kier alpha value is -0.690. The molecule has 0 saturated heterocycles. The molecular formula is C22H47NO5. The lowest BCUT2D eigenvalue weighted by atomic mass is 10.0. The zero-order valence-electron chi connectivity index (χ0n) is 18.4. The smallest absolute Gasteiger partial charge is 0.303 e. The molecule has 1 atom stereocenters. The molecule has 0 aliphatic rings. The summed E-state index contributed by atoms with van der Waals surface area (Å²) in [5, 5.41) is 33.3. The molecule has 6 nitrogen and oxygen atoms in total. The molecule has 0 aromatic heterocycles. The number of aliphatic carboxylic acids is 1.